The standard InChI is InChI=1S/C37H44N4O7/c1-41(19-5-6-24-11-14-28(26-7-3-2-4-8-26)31(20-24)39-37(46)47)35(45)23-48-27-12-9-25(10-13-27)21-38-22-33(43)29-15-17-32(42)36-30(29)16-18-34(44)40-36/h2-4,7-8,11,14-18,20,25,27,33,38-39,42-43H,5-6,9-10,12-13,19,21-23H2,1H3,(H,40,44)(H,46,47)/t25?,27?,33-/m0/s1. The lowest BCUT2D eigenvalue weighted by molar-refractivity contribution is -0.137. The van der Waals surface area contributed by atoms with Crippen LogP contribution in [-0.4, -0.2) is 76.6 Å². The maximum Gasteiger partial charge on any atom is 0.409 e. The number of pyridine rings is 1. The van der Waals surface area contributed by atoms with E-state index in [2.05, 4.69) is 15.6 Å². The lowest BCUT2D eigenvalue weighted by Crippen LogP contribution is -2.35. The molecule has 1 fully saturated rings. The van der Waals surface area contributed by atoms with Gasteiger partial charge in [0.2, 0.25) is 11.5 Å². The van der Waals surface area contributed by atoms with E-state index in [0.717, 1.165) is 55.3 Å². The van der Waals surface area contributed by atoms with Gasteiger partial charge in [-0.1, -0.05) is 48.5 Å². The highest BCUT2D eigenvalue weighted by Crippen LogP contribution is 2.31. The summed E-state index contributed by atoms with van der Waals surface area (Å²) in [5.41, 5.74) is 3.91. The fourth-order valence-electron chi connectivity index (χ4n) is 6.37. The zero-order valence-corrected chi connectivity index (χ0v) is 27.2. The molecule has 0 radical (unpaired) electrons. The molecule has 11 nitrogen and oxygen atoms in total. The van der Waals surface area contributed by atoms with Gasteiger partial charge in [0.05, 0.1) is 23.4 Å². The number of hydrogen-bond acceptors (Lipinski definition) is 7. The number of H-pyrrole nitrogens is 1. The number of phenolic OH excluding ortho intramolecular Hbond substituents is 1. The molecule has 0 aliphatic heterocycles. The molecule has 0 spiro atoms. The number of aliphatic hydroxyl groups excluding tert-OH is 1. The number of aryl methyl sites for hydroxylation is 1. The molecule has 0 unspecified atom stereocenters. The number of carbonyl (C=O) groups excluding carboxylic acids is 1. The van der Waals surface area contributed by atoms with Gasteiger partial charge in [0.1, 0.15) is 12.4 Å². The highest BCUT2D eigenvalue weighted by atomic mass is 16.5. The first-order chi connectivity index (χ1) is 23.2. The van der Waals surface area contributed by atoms with Crippen LogP contribution < -0.4 is 16.2 Å². The number of benzene rings is 3. The molecule has 1 atom stereocenters. The average Bonchev–Trinajstić information content (AvgIpc) is 3.08. The van der Waals surface area contributed by atoms with Crippen molar-refractivity contribution >= 4 is 28.6 Å². The molecule has 0 bridgehead atoms. The third kappa shape index (κ3) is 9.21. The van der Waals surface area contributed by atoms with Crippen LogP contribution in [0.3, 0.4) is 0 Å². The van der Waals surface area contributed by atoms with E-state index in [1.165, 1.54) is 12.1 Å². The molecular formula is C37H44N4O7. The second kappa shape index (κ2) is 16.4. The van der Waals surface area contributed by atoms with Crippen LogP contribution in [0.2, 0.25) is 0 Å². The monoisotopic (exact) mass is 656 g/mol. The molecule has 254 valence electrons. The van der Waals surface area contributed by atoms with E-state index in [1.54, 1.807) is 24.1 Å². The lowest BCUT2D eigenvalue weighted by atomic mass is 9.87. The van der Waals surface area contributed by atoms with Gasteiger partial charge in [-0.25, -0.2) is 4.79 Å². The minimum atomic E-state index is -1.11. The fourth-order valence-corrected chi connectivity index (χ4v) is 6.37. The average molecular weight is 657 g/mol. The van der Waals surface area contributed by atoms with Crippen molar-refractivity contribution < 1.29 is 29.6 Å². The van der Waals surface area contributed by atoms with Gasteiger partial charge >= 0.3 is 6.09 Å². The molecule has 3 aromatic carbocycles. The molecule has 1 aliphatic carbocycles. The van der Waals surface area contributed by atoms with Gasteiger partial charge in [-0.05, 0) is 85.9 Å². The van der Waals surface area contributed by atoms with Crippen molar-refractivity contribution in [1.82, 2.24) is 15.2 Å². The van der Waals surface area contributed by atoms with Crippen LogP contribution in [-0.2, 0) is 16.0 Å². The van der Waals surface area contributed by atoms with E-state index < -0.39 is 12.2 Å². The van der Waals surface area contributed by atoms with E-state index in [4.69, 9.17) is 4.74 Å². The first-order valence-electron chi connectivity index (χ1n) is 16.5. The number of aromatic amines is 1. The van der Waals surface area contributed by atoms with Crippen molar-refractivity contribution in [3.8, 4) is 16.9 Å². The number of nitrogens with one attached hydrogen (secondary N) is 3. The van der Waals surface area contributed by atoms with E-state index >= 15 is 0 Å². The molecule has 4 aromatic rings. The van der Waals surface area contributed by atoms with Crippen molar-refractivity contribution in [2.45, 2.75) is 50.7 Å². The highest BCUT2D eigenvalue weighted by Gasteiger charge is 2.23. The van der Waals surface area contributed by atoms with Crippen LogP contribution in [0.4, 0.5) is 10.5 Å². The summed E-state index contributed by atoms with van der Waals surface area (Å²) in [6.07, 6.45) is 3.22. The molecule has 11 heteroatoms. The van der Waals surface area contributed by atoms with Crippen LogP contribution in [0.15, 0.2) is 77.6 Å². The summed E-state index contributed by atoms with van der Waals surface area (Å²) >= 11 is 0. The third-order valence-corrected chi connectivity index (χ3v) is 9.07. The minimum absolute atomic E-state index is 0.0349. The molecule has 6 N–H and O–H groups in total. The molecular weight excluding hydrogens is 612 g/mol. The molecule has 1 saturated carbocycles. The number of anilines is 1. The van der Waals surface area contributed by atoms with E-state index in [1.807, 2.05) is 48.5 Å². The summed E-state index contributed by atoms with van der Waals surface area (Å²) in [5.74, 6) is 0.342. The van der Waals surface area contributed by atoms with Crippen molar-refractivity contribution in [2.75, 3.05) is 38.6 Å². The zero-order valence-electron chi connectivity index (χ0n) is 27.2. The Morgan fingerprint density at radius 2 is 1.79 bits per heavy atom. The Labute approximate surface area is 279 Å². The first kappa shape index (κ1) is 34.6. The number of rotatable bonds is 14. The number of hydrogen-bond donors (Lipinski definition) is 6. The number of carbonyl (C=O) groups is 2. The van der Waals surface area contributed by atoms with Crippen LogP contribution in [0.1, 0.15) is 49.3 Å². The Hall–Kier alpha value is -4.71. The quantitative estimate of drug-likeness (QED) is 0.107. The molecule has 1 aromatic heterocycles. The highest BCUT2D eigenvalue weighted by molar-refractivity contribution is 5.91. The Morgan fingerprint density at radius 3 is 2.54 bits per heavy atom. The fraction of sp³-hybridized carbons (Fsp3) is 0.378. The number of likely N-dealkylation sites (N-methyl/N-ethyl adjacent to an activating group) is 1. The zero-order chi connectivity index (χ0) is 34.0. The number of aromatic hydroxyl groups is 1. The Kier molecular flexibility index (Phi) is 11.8. The van der Waals surface area contributed by atoms with Crippen LogP contribution in [0.25, 0.3) is 22.0 Å². The number of ether oxygens (including phenoxy) is 1. The minimum Gasteiger partial charge on any atom is -0.506 e. The van der Waals surface area contributed by atoms with Gasteiger partial charge in [0.25, 0.3) is 0 Å². The number of aliphatic hydroxyl groups is 1. The topological polar surface area (TPSA) is 164 Å². The molecule has 5 rings (SSSR count). The van der Waals surface area contributed by atoms with Gasteiger partial charge in [-0.15, -0.1) is 0 Å². The van der Waals surface area contributed by atoms with E-state index in [-0.39, 0.29) is 29.9 Å². The van der Waals surface area contributed by atoms with Crippen LogP contribution in [0, 0.1) is 5.92 Å². The largest absolute Gasteiger partial charge is 0.506 e. The Balaban J connectivity index is 0.995. The van der Waals surface area contributed by atoms with Crippen LogP contribution >= 0.6 is 0 Å². The summed E-state index contributed by atoms with van der Waals surface area (Å²) in [6.45, 7) is 1.70. The molecule has 1 heterocycles. The summed E-state index contributed by atoms with van der Waals surface area (Å²) in [5, 5.41) is 36.7. The molecule has 0 saturated heterocycles. The second-order valence-corrected chi connectivity index (χ2v) is 12.5. The van der Waals surface area contributed by atoms with Gasteiger partial charge in [-0.3, -0.25) is 14.9 Å². The summed E-state index contributed by atoms with van der Waals surface area (Å²) in [4.78, 5) is 40.1. The van der Waals surface area contributed by atoms with Crippen molar-refractivity contribution in [3.63, 3.8) is 0 Å². The summed E-state index contributed by atoms with van der Waals surface area (Å²) in [6, 6.07) is 21.6. The third-order valence-electron chi connectivity index (χ3n) is 9.07. The molecule has 1 aliphatic rings. The van der Waals surface area contributed by atoms with Crippen molar-refractivity contribution in [2.24, 2.45) is 5.92 Å². The van der Waals surface area contributed by atoms with Gasteiger partial charge in [-0.2, -0.15) is 0 Å². The van der Waals surface area contributed by atoms with E-state index in [0.29, 0.717) is 47.6 Å². The Bertz CT molecular complexity index is 1750. The lowest BCUT2D eigenvalue weighted by Gasteiger charge is -2.29. The number of phenols is 1. The first-order valence-corrected chi connectivity index (χ1v) is 16.5. The smallest absolute Gasteiger partial charge is 0.409 e. The number of aromatic nitrogens is 1. The predicted octanol–water partition coefficient (Wildman–Crippen LogP) is 5.28. The van der Waals surface area contributed by atoms with Gasteiger partial charge in [0, 0.05) is 37.2 Å². The summed E-state index contributed by atoms with van der Waals surface area (Å²) in [7, 11) is 1.78. The normalized spacial score (nSPS) is 16.8. The number of amides is 2. The Morgan fingerprint density at radius 1 is 1.02 bits per heavy atom. The van der Waals surface area contributed by atoms with Gasteiger partial charge < -0.3 is 35.3 Å². The predicted molar refractivity (Wildman–Crippen MR) is 185 cm³/mol. The second-order valence-electron chi connectivity index (χ2n) is 12.5. The maximum absolute atomic E-state index is 12.8. The molecule has 48 heavy (non-hydrogen) atoms. The number of nitrogens with zero attached hydrogens (tertiary/aromatic N) is 1. The number of carboxylic acid groups (broad SMARTS) is 1. The number of fused-ring (bicyclic) bond motifs is 1. The van der Waals surface area contributed by atoms with E-state index in [9.17, 15) is 29.7 Å². The molecule has 2 amide bonds. The van der Waals surface area contributed by atoms with Crippen LogP contribution in [0.5, 0.6) is 5.75 Å². The SMILES string of the molecule is CN(CCCc1ccc(-c2ccccc2)c(NC(=O)O)c1)C(=O)COC1CCC(CNC[C@H](O)c2ccc(O)c3[nH]c(=O)ccc23)CC1. The van der Waals surface area contributed by atoms with Crippen molar-refractivity contribution in [3.05, 3.63) is 94.3 Å². The van der Waals surface area contributed by atoms with Crippen molar-refractivity contribution in [1.29, 1.82) is 0 Å². The van der Waals surface area contributed by atoms with Gasteiger partial charge in [0.15, 0.2) is 0 Å². The maximum atomic E-state index is 12.8. The summed E-state index contributed by atoms with van der Waals surface area (Å²) < 4.78 is 5.99.